The normalized spacial score (nSPS) is 13.1. The van der Waals surface area contributed by atoms with Crippen molar-refractivity contribution >= 4 is 11.2 Å². The first-order valence-electron chi connectivity index (χ1n) is 6.88. The van der Waals surface area contributed by atoms with Crippen molar-refractivity contribution in [3.05, 3.63) is 26.7 Å². The molecule has 0 aliphatic heterocycles. The summed E-state index contributed by atoms with van der Waals surface area (Å²) in [7, 11) is 1.75. The first-order valence-corrected chi connectivity index (χ1v) is 6.88. The SMILES string of the molecule is CCC(C)n1c(=O)n(CC)c(=O)c2c1nc(CN)n2C. The van der Waals surface area contributed by atoms with E-state index in [9.17, 15) is 9.59 Å². The summed E-state index contributed by atoms with van der Waals surface area (Å²) in [5.41, 5.74) is 5.91. The van der Waals surface area contributed by atoms with Crippen molar-refractivity contribution < 1.29 is 0 Å². The maximum atomic E-state index is 12.5. The number of rotatable bonds is 4. The highest BCUT2D eigenvalue weighted by atomic mass is 16.2. The van der Waals surface area contributed by atoms with E-state index < -0.39 is 0 Å². The van der Waals surface area contributed by atoms with Gasteiger partial charge in [0, 0.05) is 19.6 Å². The Morgan fingerprint density at radius 1 is 1.30 bits per heavy atom. The van der Waals surface area contributed by atoms with E-state index in [0.717, 1.165) is 6.42 Å². The Kier molecular flexibility index (Phi) is 3.80. The second kappa shape index (κ2) is 5.24. The molecule has 20 heavy (non-hydrogen) atoms. The minimum Gasteiger partial charge on any atom is -0.324 e. The summed E-state index contributed by atoms with van der Waals surface area (Å²) in [4.78, 5) is 29.3. The van der Waals surface area contributed by atoms with E-state index in [4.69, 9.17) is 5.73 Å². The Bertz CT molecular complexity index is 753. The molecule has 2 aromatic heterocycles. The Morgan fingerprint density at radius 3 is 2.45 bits per heavy atom. The van der Waals surface area contributed by atoms with E-state index in [1.54, 1.807) is 23.1 Å². The molecule has 7 nitrogen and oxygen atoms in total. The first-order chi connectivity index (χ1) is 9.47. The van der Waals surface area contributed by atoms with Crippen LogP contribution in [0.5, 0.6) is 0 Å². The molecule has 2 N–H and O–H groups in total. The summed E-state index contributed by atoms with van der Waals surface area (Å²) in [6.45, 7) is 6.30. The van der Waals surface area contributed by atoms with Crippen LogP contribution in [-0.4, -0.2) is 18.7 Å². The minimum absolute atomic E-state index is 0.0241. The van der Waals surface area contributed by atoms with Gasteiger partial charge < -0.3 is 10.3 Å². The van der Waals surface area contributed by atoms with Crippen molar-refractivity contribution in [3.63, 3.8) is 0 Å². The van der Waals surface area contributed by atoms with Gasteiger partial charge in [0.05, 0.1) is 6.54 Å². The van der Waals surface area contributed by atoms with Crippen molar-refractivity contribution in [2.45, 2.75) is 46.3 Å². The molecule has 0 fully saturated rings. The van der Waals surface area contributed by atoms with Crippen LogP contribution in [0.3, 0.4) is 0 Å². The standard InChI is InChI=1S/C13H21N5O2/c1-5-8(3)18-11-10(16(4)9(7-14)15-11)12(19)17(6-2)13(18)20/h8H,5-7,14H2,1-4H3. The zero-order valence-electron chi connectivity index (χ0n) is 12.4. The van der Waals surface area contributed by atoms with Crippen LogP contribution in [0.1, 0.15) is 39.1 Å². The number of imidazole rings is 1. The summed E-state index contributed by atoms with van der Waals surface area (Å²) in [6.07, 6.45) is 0.783. The molecule has 0 spiro atoms. The molecule has 1 atom stereocenters. The fourth-order valence-corrected chi connectivity index (χ4v) is 2.41. The second-order valence-corrected chi connectivity index (χ2v) is 4.92. The molecule has 1 unspecified atom stereocenters. The lowest BCUT2D eigenvalue weighted by Crippen LogP contribution is -2.41. The molecule has 2 rings (SSSR count). The van der Waals surface area contributed by atoms with Gasteiger partial charge in [-0.25, -0.2) is 9.78 Å². The van der Waals surface area contributed by atoms with Crippen molar-refractivity contribution in [2.24, 2.45) is 12.8 Å². The predicted molar refractivity (Wildman–Crippen MR) is 77.8 cm³/mol. The molecule has 0 aliphatic rings. The highest BCUT2D eigenvalue weighted by molar-refractivity contribution is 5.71. The van der Waals surface area contributed by atoms with E-state index in [1.807, 2.05) is 13.8 Å². The van der Waals surface area contributed by atoms with Gasteiger partial charge in [-0.1, -0.05) is 6.92 Å². The van der Waals surface area contributed by atoms with Crippen molar-refractivity contribution in [1.82, 2.24) is 18.7 Å². The molecule has 0 aliphatic carbocycles. The number of nitrogens with zero attached hydrogens (tertiary/aromatic N) is 4. The van der Waals surface area contributed by atoms with Crippen LogP contribution in [-0.2, 0) is 20.1 Å². The average Bonchev–Trinajstić information content (AvgIpc) is 2.76. The minimum atomic E-state index is -0.305. The average molecular weight is 279 g/mol. The topological polar surface area (TPSA) is 87.8 Å². The van der Waals surface area contributed by atoms with Gasteiger partial charge in [-0.3, -0.25) is 13.9 Å². The molecule has 0 radical (unpaired) electrons. The van der Waals surface area contributed by atoms with E-state index in [1.165, 1.54) is 4.57 Å². The van der Waals surface area contributed by atoms with Gasteiger partial charge in [-0.2, -0.15) is 0 Å². The molecule has 2 heterocycles. The summed E-state index contributed by atoms with van der Waals surface area (Å²) >= 11 is 0. The largest absolute Gasteiger partial charge is 0.332 e. The summed E-state index contributed by atoms with van der Waals surface area (Å²) in [5.74, 6) is 0.599. The summed E-state index contributed by atoms with van der Waals surface area (Å²) in [5, 5.41) is 0. The van der Waals surface area contributed by atoms with Crippen molar-refractivity contribution in [2.75, 3.05) is 0 Å². The molecule has 0 saturated carbocycles. The van der Waals surface area contributed by atoms with E-state index in [0.29, 0.717) is 23.5 Å². The van der Waals surface area contributed by atoms with Gasteiger partial charge in [0.25, 0.3) is 5.56 Å². The van der Waals surface area contributed by atoms with Crippen LogP contribution in [0, 0.1) is 0 Å². The molecule has 110 valence electrons. The summed E-state index contributed by atoms with van der Waals surface area (Å²) < 4.78 is 4.53. The van der Waals surface area contributed by atoms with Crippen molar-refractivity contribution in [3.8, 4) is 0 Å². The monoisotopic (exact) mass is 279 g/mol. The van der Waals surface area contributed by atoms with Crippen molar-refractivity contribution in [1.29, 1.82) is 0 Å². The Morgan fingerprint density at radius 2 is 1.95 bits per heavy atom. The zero-order chi connectivity index (χ0) is 15.0. The third kappa shape index (κ3) is 1.89. The number of aromatic nitrogens is 4. The van der Waals surface area contributed by atoms with E-state index in [2.05, 4.69) is 4.98 Å². The highest BCUT2D eigenvalue weighted by Gasteiger charge is 2.20. The molecule has 0 aromatic carbocycles. The van der Waals surface area contributed by atoms with Crippen LogP contribution < -0.4 is 17.0 Å². The van der Waals surface area contributed by atoms with Gasteiger partial charge in [0.1, 0.15) is 5.82 Å². The smallest absolute Gasteiger partial charge is 0.324 e. The number of fused-ring (bicyclic) bond motifs is 1. The van der Waals surface area contributed by atoms with E-state index >= 15 is 0 Å². The third-order valence-corrected chi connectivity index (χ3v) is 3.81. The zero-order valence-corrected chi connectivity index (χ0v) is 12.4. The van der Waals surface area contributed by atoms with Crippen LogP contribution in [0.25, 0.3) is 11.2 Å². The quantitative estimate of drug-likeness (QED) is 0.874. The lowest BCUT2D eigenvalue weighted by Gasteiger charge is -2.15. The molecular formula is C13H21N5O2. The fourth-order valence-electron chi connectivity index (χ4n) is 2.41. The number of nitrogens with two attached hydrogens (primary N) is 1. The Labute approximate surface area is 116 Å². The molecule has 2 aromatic rings. The maximum Gasteiger partial charge on any atom is 0.332 e. The Hall–Kier alpha value is -1.89. The van der Waals surface area contributed by atoms with Gasteiger partial charge in [-0.15, -0.1) is 0 Å². The lowest BCUT2D eigenvalue weighted by atomic mass is 10.2. The number of aryl methyl sites for hydroxylation is 1. The number of hydrogen-bond donors (Lipinski definition) is 1. The van der Waals surface area contributed by atoms with Gasteiger partial charge >= 0.3 is 5.69 Å². The van der Waals surface area contributed by atoms with Gasteiger partial charge in [-0.05, 0) is 20.3 Å². The molecule has 7 heteroatoms. The van der Waals surface area contributed by atoms with Gasteiger partial charge in [0.15, 0.2) is 11.2 Å². The fraction of sp³-hybridized carbons (Fsp3) is 0.615. The van der Waals surface area contributed by atoms with Crippen LogP contribution >= 0.6 is 0 Å². The molecule has 0 saturated heterocycles. The molecule has 0 amide bonds. The van der Waals surface area contributed by atoms with Gasteiger partial charge in [0.2, 0.25) is 0 Å². The van der Waals surface area contributed by atoms with Crippen LogP contribution in [0.4, 0.5) is 0 Å². The maximum absolute atomic E-state index is 12.5. The number of hydrogen-bond acceptors (Lipinski definition) is 4. The molecular weight excluding hydrogens is 258 g/mol. The second-order valence-electron chi connectivity index (χ2n) is 4.92. The first kappa shape index (κ1) is 14.5. The third-order valence-electron chi connectivity index (χ3n) is 3.81. The highest BCUT2D eigenvalue weighted by Crippen LogP contribution is 2.15. The van der Waals surface area contributed by atoms with Crippen LogP contribution in [0.15, 0.2) is 9.59 Å². The Balaban J connectivity index is 3.04. The van der Waals surface area contributed by atoms with Crippen LogP contribution in [0.2, 0.25) is 0 Å². The molecule has 0 bridgehead atoms. The predicted octanol–water partition coefficient (Wildman–Crippen LogP) is 0.346. The lowest BCUT2D eigenvalue weighted by molar-refractivity contribution is 0.489. The summed E-state index contributed by atoms with van der Waals surface area (Å²) in [6, 6.07) is -0.0241. The van der Waals surface area contributed by atoms with E-state index in [-0.39, 0.29) is 23.8 Å².